The van der Waals surface area contributed by atoms with Crippen LogP contribution in [0.3, 0.4) is 0 Å². The van der Waals surface area contributed by atoms with Crippen LogP contribution in [0.2, 0.25) is 0 Å². The van der Waals surface area contributed by atoms with Crippen molar-refractivity contribution in [3.8, 4) is 6.07 Å². The molecule has 0 radical (unpaired) electrons. The Kier molecular flexibility index (Phi) is 5.59. The van der Waals surface area contributed by atoms with Gasteiger partial charge in [-0.15, -0.1) is 0 Å². The third-order valence-electron chi connectivity index (χ3n) is 4.17. The molecule has 0 aliphatic carbocycles. The molecule has 2 N–H and O–H groups in total. The van der Waals surface area contributed by atoms with Crippen LogP contribution in [0.5, 0.6) is 0 Å². The Balaban J connectivity index is 2.31. The van der Waals surface area contributed by atoms with E-state index in [4.69, 9.17) is 5.73 Å². The molecule has 0 saturated carbocycles. The second-order valence-corrected chi connectivity index (χ2v) is 5.99. The van der Waals surface area contributed by atoms with Gasteiger partial charge in [-0.05, 0) is 50.5 Å². The van der Waals surface area contributed by atoms with Crippen LogP contribution < -0.4 is 10.6 Å². The molecular formula is C18H22N4O2. The molecule has 1 aliphatic heterocycles. The Hall–Kier alpha value is -2.81. The number of nitriles is 1. The van der Waals surface area contributed by atoms with E-state index < -0.39 is 11.8 Å². The number of amides is 2. The summed E-state index contributed by atoms with van der Waals surface area (Å²) in [6.07, 6.45) is 4.78. The van der Waals surface area contributed by atoms with Gasteiger partial charge in [-0.2, -0.15) is 5.26 Å². The van der Waals surface area contributed by atoms with Gasteiger partial charge in [0.2, 0.25) is 5.91 Å². The number of carbonyl (C=O) groups excluding carboxylic acids is 2. The van der Waals surface area contributed by atoms with Crippen LogP contribution in [0.25, 0.3) is 0 Å². The van der Waals surface area contributed by atoms with Crippen LogP contribution >= 0.6 is 0 Å². The van der Waals surface area contributed by atoms with Gasteiger partial charge in [0.1, 0.15) is 11.6 Å². The molecule has 6 heteroatoms. The SMILES string of the molecule is CC(=O)N(C(=O)/C(C#N)=C\N1CCCCC1C)c1ccc(N)cc1. The van der Waals surface area contributed by atoms with Gasteiger partial charge >= 0.3 is 0 Å². The van der Waals surface area contributed by atoms with Crippen LogP contribution in [-0.4, -0.2) is 29.3 Å². The van der Waals surface area contributed by atoms with E-state index in [0.29, 0.717) is 11.4 Å². The minimum Gasteiger partial charge on any atom is -0.399 e. The van der Waals surface area contributed by atoms with E-state index in [1.807, 2.05) is 11.0 Å². The van der Waals surface area contributed by atoms with E-state index in [1.165, 1.54) is 6.92 Å². The molecule has 2 rings (SSSR count). The predicted molar refractivity (Wildman–Crippen MR) is 92.7 cm³/mol. The maximum Gasteiger partial charge on any atom is 0.277 e. The highest BCUT2D eigenvalue weighted by Crippen LogP contribution is 2.21. The number of rotatable bonds is 3. The molecule has 0 spiro atoms. The number of imide groups is 1. The van der Waals surface area contributed by atoms with Gasteiger partial charge in [0.25, 0.3) is 5.91 Å². The summed E-state index contributed by atoms with van der Waals surface area (Å²) in [5, 5.41) is 9.41. The molecule has 0 bridgehead atoms. The highest BCUT2D eigenvalue weighted by Gasteiger charge is 2.25. The minimum absolute atomic E-state index is 0.0456. The summed E-state index contributed by atoms with van der Waals surface area (Å²) in [7, 11) is 0. The first kappa shape index (κ1) is 17.5. The van der Waals surface area contributed by atoms with Crippen LogP contribution in [0.15, 0.2) is 36.0 Å². The van der Waals surface area contributed by atoms with Gasteiger partial charge in [-0.1, -0.05) is 0 Å². The van der Waals surface area contributed by atoms with Crippen LogP contribution in [0, 0.1) is 11.3 Å². The molecule has 1 aromatic rings. The van der Waals surface area contributed by atoms with E-state index in [0.717, 1.165) is 30.7 Å². The fourth-order valence-corrected chi connectivity index (χ4v) is 2.80. The zero-order valence-electron chi connectivity index (χ0n) is 14.0. The van der Waals surface area contributed by atoms with Gasteiger partial charge in [-0.25, -0.2) is 4.90 Å². The monoisotopic (exact) mass is 326 g/mol. The van der Waals surface area contributed by atoms with Gasteiger partial charge in [-0.3, -0.25) is 9.59 Å². The number of benzene rings is 1. The Morgan fingerprint density at radius 3 is 2.54 bits per heavy atom. The van der Waals surface area contributed by atoms with Crippen molar-refractivity contribution in [1.82, 2.24) is 4.90 Å². The number of hydrogen-bond donors (Lipinski definition) is 1. The fourth-order valence-electron chi connectivity index (χ4n) is 2.80. The lowest BCUT2D eigenvalue weighted by Crippen LogP contribution is -2.38. The van der Waals surface area contributed by atoms with Gasteiger partial charge in [0.15, 0.2) is 0 Å². The van der Waals surface area contributed by atoms with Crippen LogP contribution in [-0.2, 0) is 9.59 Å². The van der Waals surface area contributed by atoms with E-state index in [1.54, 1.807) is 30.5 Å². The minimum atomic E-state index is -0.618. The third-order valence-corrected chi connectivity index (χ3v) is 4.17. The molecule has 1 saturated heterocycles. The summed E-state index contributed by atoms with van der Waals surface area (Å²) in [5.74, 6) is -1.06. The van der Waals surface area contributed by atoms with Crippen molar-refractivity contribution in [2.75, 3.05) is 17.2 Å². The van der Waals surface area contributed by atoms with Crippen LogP contribution in [0.4, 0.5) is 11.4 Å². The highest BCUT2D eigenvalue weighted by atomic mass is 16.2. The molecular weight excluding hydrogens is 304 g/mol. The number of nitrogen functional groups attached to an aromatic ring is 1. The summed E-state index contributed by atoms with van der Waals surface area (Å²) >= 11 is 0. The van der Waals surface area contributed by atoms with Crippen molar-refractivity contribution in [2.45, 2.75) is 39.2 Å². The Morgan fingerprint density at radius 2 is 2.00 bits per heavy atom. The molecule has 1 atom stereocenters. The molecule has 1 fully saturated rings. The lowest BCUT2D eigenvalue weighted by molar-refractivity contribution is -0.123. The van der Waals surface area contributed by atoms with Gasteiger partial charge < -0.3 is 10.6 Å². The average Bonchev–Trinajstić information content (AvgIpc) is 2.55. The average molecular weight is 326 g/mol. The van der Waals surface area contributed by atoms with Crippen molar-refractivity contribution in [1.29, 1.82) is 5.26 Å². The molecule has 1 heterocycles. The van der Waals surface area contributed by atoms with Crippen molar-refractivity contribution in [3.05, 3.63) is 36.0 Å². The van der Waals surface area contributed by atoms with Crippen LogP contribution in [0.1, 0.15) is 33.1 Å². The number of nitrogens with two attached hydrogens (primary N) is 1. The summed E-state index contributed by atoms with van der Waals surface area (Å²) in [6.45, 7) is 4.17. The summed E-state index contributed by atoms with van der Waals surface area (Å²) in [4.78, 5) is 27.7. The standard InChI is InChI=1S/C18H22N4O2/c1-13-5-3-4-10-21(13)12-15(11-19)18(24)22(14(2)23)17-8-6-16(20)7-9-17/h6-9,12-13H,3-5,10,20H2,1-2H3/b15-12-. The Labute approximate surface area is 142 Å². The largest absolute Gasteiger partial charge is 0.399 e. The van der Waals surface area contributed by atoms with E-state index in [2.05, 4.69) is 6.92 Å². The van der Waals surface area contributed by atoms with E-state index in [9.17, 15) is 14.9 Å². The molecule has 1 unspecified atom stereocenters. The lowest BCUT2D eigenvalue weighted by atomic mass is 10.0. The number of hydrogen-bond acceptors (Lipinski definition) is 5. The predicted octanol–water partition coefficient (Wildman–Crippen LogP) is 2.43. The van der Waals surface area contributed by atoms with Crippen molar-refractivity contribution < 1.29 is 9.59 Å². The maximum absolute atomic E-state index is 12.7. The topological polar surface area (TPSA) is 90.4 Å². The molecule has 24 heavy (non-hydrogen) atoms. The van der Waals surface area contributed by atoms with Crippen molar-refractivity contribution in [3.63, 3.8) is 0 Å². The number of nitrogens with zero attached hydrogens (tertiary/aromatic N) is 3. The zero-order valence-corrected chi connectivity index (χ0v) is 14.0. The third kappa shape index (κ3) is 3.93. The number of carbonyl (C=O) groups is 2. The molecule has 126 valence electrons. The van der Waals surface area contributed by atoms with Crippen molar-refractivity contribution in [2.24, 2.45) is 0 Å². The quantitative estimate of drug-likeness (QED) is 0.523. The number of piperidine rings is 1. The first-order chi connectivity index (χ1) is 11.4. The first-order valence-electron chi connectivity index (χ1n) is 8.02. The number of likely N-dealkylation sites (tertiary alicyclic amines) is 1. The molecule has 1 aromatic carbocycles. The first-order valence-corrected chi connectivity index (χ1v) is 8.02. The van der Waals surface area contributed by atoms with Gasteiger partial charge in [0, 0.05) is 31.4 Å². The smallest absolute Gasteiger partial charge is 0.277 e. The molecule has 2 amide bonds. The molecule has 6 nitrogen and oxygen atoms in total. The molecule has 1 aliphatic rings. The summed E-state index contributed by atoms with van der Waals surface area (Å²) < 4.78 is 0. The highest BCUT2D eigenvalue weighted by molar-refractivity contribution is 6.21. The fraction of sp³-hybridized carbons (Fsp3) is 0.389. The normalized spacial score (nSPS) is 18.0. The van der Waals surface area contributed by atoms with E-state index >= 15 is 0 Å². The van der Waals surface area contributed by atoms with Crippen molar-refractivity contribution >= 4 is 23.2 Å². The van der Waals surface area contributed by atoms with Gasteiger partial charge in [0.05, 0.1) is 5.69 Å². The second kappa shape index (κ2) is 7.64. The summed E-state index contributed by atoms with van der Waals surface area (Å²) in [6, 6.07) is 8.62. The lowest BCUT2D eigenvalue weighted by Gasteiger charge is -2.32. The Morgan fingerprint density at radius 1 is 1.33 bits per heavy atom. The summed E-state index contributed by atoms with van der Waals surface area (Å²) in [5.41, 5.74) is 6.53. The van der Waals surface area contributed by atoms with E-state index in [-0.39, 0.29) is 11.6 Å². The number of anilines is 2. The zero-order chi connectivity index (χ0) is 17.7. The maximum atomic E-state index is 12.7. The second-order valence-electron chi connectivity index (χ2n) is 5.99. The Bertz CT molecular complexity index is 688. The molecule has 0 aromatic heterocycles.